The Labute approximate surface area is 90.9 Å². The Bertz CT molecular complexity index is 367. The SMILES string of the molecule is N[C@@H]1c2ccncc2CC12CCCCC2. The zero-order chi connectivity index (χ0) is 10.3. The van der Waals surface area contributed by atoms with Gasteiger partial charge in [0, 0.05) is 18.4 Å². The molecule has 0 radical (unpaired) electrons. The van der Waals surface area contributed by atoms with E-state index in [1.165, 1.54) is 43.2 Å². The monoisotopic (exact) mass is 202 g/mol. The maximum absolute atomic E-state index is 6.43. The average molecular weight is 202 g/mol. The molecule has 2 aliphatic carbocycles. The molecule has 80 valence electrons. The third kappa shape index (κ3) is 1.31. The van der Waals surface area contributed by atoms with Crippen LogP contribution in [0.3, 0.4) is 0 Å². The summed E-state index contributed by atoms with van der Waals surface area (Å²) in [6.07, 6.45) is 11.8. The molecule has 1 heterocycles. The summed E-state index contributed by atoms with van der Waals surface area (Å²) in [7, 11) is 0. The van der Waals surface area contributed by atoms with E-state index < -0.39 is 0 Å². The number of pyridine rings is 1. The molecule has 0 aromatic carbocycles. The van der Waals surface area contributed by atoms with Crippen molar-refractivity contribution < 1.29 is 0 Å². The first-order valence-electron chi connectivity index (χ1n) is 6.00. The summed E-state index contributed by atoms with van der Waals surface area (Å²) in [6.45, 7) is 0. The van der Waals surface area contributed by atoms with Crippen molar-refractivity contribution in [2.75, 3.05) is 0 Å². The first kappa shape index (κ1) is 9.34. The minimum atomic E-state index is 0.260. The molecule has 2 N–H and O–H groups in total. The molecule has 1 saturated carbocycles. The van der Waals surface area contributed by atoms with Crippen LogP contribution >= 0.6 is 0 Å². The lowest BCUT2D eigenvalue weighted by molar-refractivity contribution is 0.162. The second-order valence-electron chi connectivity index (χ2n) is 5.15. The van der Waals surface area contributed by atoms with Gasteiger partial charge in [-0.25, -0.2) is 0 Å². The predicted molar refractivity (Wildman–Crippen MR) is 60.4 cm³/mol. The zero-order valence-corrected chi connectivity index (χ0v) is 9.08. The van der Waals surface area contributed by atoms with Crippen molar-refractivity contribution in [1.82, 2.24) is 4.98 Å². The average Bonchev–Trinajstić information content (AvgIpc) is 2.54. The molecule has 1 fully saturated rings. The van der Waals surface area contributed by atoms with Gasteiger partial charge in [-0.05, 0) is 41.9 Å². The fourth-order valence-corrected chi connectivity index (χ4v) is 3.45. The van der Waals surface area contributed by atoms with Crippen molar-refractivity contribution in [1.29, 1.82) is 0 Å². The first-order chi connectivity index (χ1) is 7.32. The van der Waals surface area contributed by atoms with Gasteiger partial charge in [-0.1, -0.05) is 19.3 Å². The van der Waals surface area contributed by atoms with E-state index in [-0.39, 0.29) is 6.04 Å². The molecule has 0 bridgehead atoms. The van der Waals surface area contributed by atoms with Gasteiger partial charge >= 0.3 is 0 Å². The minimum Gasteiger partial charge on any atom is -0.323 e. The van der Waals surface area contributed by atoms with Gasteiger partial charge in [0.25, 0.3) is 0 Å². The highest BCUT2D eigenvalue weighted by molar-refractivity contribution is 5.35. The van der Waals surface area contributed by atoms with Crippen LogP contribution in [-0.2, 0) is 6.42 Å². The normalized spacial score (nSPS) is 27.9. The van der Waals surface area contributed by atoms with E-state index in [4.69, 9.17) is 5.73 Å². The van der Waals surface area contributed by atoms with Gasteiger partial charge < -0.3 is 5.73 Å². The number of rotatable bonds is 0. The van der Waals surface area contributed by atoms with E-state index >= 15 is 0 Å². The second kappa shape index (κ2) is 3.31. The Morgan fingerprint density at radius 2 is 2.07 bits per heavy atom. The minimum absolute atomic E-state index is 0.260. The molecule has 1 aromatic heterocycles. The smallest absolute Gasteiger partial charge is 0.0359 e. The zero-order valence-electron chi connectivity index (χ0n) is 9.08. The van der Waals surface area contributed by atoms with E-state index in [0.717, 1.165) is 6.42 Å². The molecule has 0 unspecified atom stereocenters. The van der Waals surface area contributed by atoms with E-state index in [9.17, 15) is 0 Å². The number of hydrogen-bond donors (Lipinski definition) is 1. The highest BCUT2D eigenvalue weighted by Gasteiger charge is 2.44. The summed E-state index contributed by atoms with van der Waals surface area (Å²) in [5, 5.41) is 0. The molecule has 0 amide bonds. The summed E-state index contributed by atoms with van der Waals surface area (Å²) in [5.41, 5.74) is 9.56. The predicted octanol–water partition coefficient (Wildman–Crippen LogP) is 2.59. The van der Waals surface area contributed by atoms with Crippen molar-refractivity contribution in [2.24, 2.45) is 11.1 Å². The van der Waals surface area contributed by atoms with E-state index in [2.05, 4.69) is 11.1 Å². The summed E-state index contributed by atoms with van der Waals surface area (Å²) in [5.74, 6) is 0. The molecule has 1 atom stereocenters. The first-order valence-corrected chi connectivity index (χ1v) is 6.00. The van der Waals surface area contributed by atoms with Gasteiger partial charge in [0.05, 0.1) is 0 Å². The maximum Gasteiger partial charge on any atom is 0.0359 e. The highest BCUT2D eigenvalue weighted by atomic mass is 14.7. The highest BCUT2D eigenvalue weighted by Crippen LogP contribution is 2.52. The van der Waals surface area contributed by atoms with Crippen LogP contribution in [-0.4, -0.2) is 4.98 Å². The fraction of sp³-hybridized carbons (Fsp3) is 0.615. The molecule has 3 rings (SSSR count). The standard InChI is InChI=1S/C13H18N2/c14-12-11-4-7-15-9-10(11)8-13(12)5-2-1-3-6-13/h4,7,9,12H,1-3,5-6,8,14H2/t12-/m1/s1. The molecule has 2 nitrogen and oxygen atoms in total. The lowest BCUT2D eigenvalue weighted by Crippen LogP contribution is -2.33. The lowest BCUT2D eigenvalue weighted by atomic mass is 9.70. The lowest BCUT2D eigenvalue weighted by Gasteiger charge is -2.37. The third-order valence-corrected chi connectivity index (χ3v) is 4.33. The number of fused-ring (bicyclic) bond motifs is 1. The number of hydrogen-bond acceptors (Lipinski definition) is 2. The van der Waals surface area contributed by atoms with Crippen molar-refractivity contribution in [3.63, 3.8) is 0 Å². The molecule has 2 aliphatic rings. The second-order valence-corrected chi connectivity index (χ2v) is 5.15. The molecule has 1 aromatic rings. The molecule has 15 heavy (non-hydrogen) atoms. The molecule has 0 saturated heterocycles. The van der Waals surface area contributed by atoms with Crippen molar-refractivity contribution in [3.8, 4) is 0 Å². The van der Waals surface area contributed by atoms with Crippen LogP contribution in [0.1, 0.15) is 49.3 Å². The van der Waals surface area contributed by atoms with Gasteiger partial charge in [0.2, 0.25) is 0 Å². The largest absolute Gasteiger partial charge is 0.323 e. The molecular formula is C13H18N2. The van der Waals surface area contributed by atoms with Crippen LogP contribution in [0.2, 0.25) is 0 Å². The summed E-state index contributed by atoms with van der Waals surface area (Å²) >= 11 is 0. The number of nitrogens with zero attached hydrogens (tertiary/aromatic N) is 1. The molecule has 0 aliphatic heterocycles. The van der Waals surface area contributed by atoms with Gasteiger partial charge in [-0.15, -0.1) is 0 Å². The number of nitrogens with two attached hydrogens (primary N) is 1. The number of aromatic nitrogens is 1. The fourth-order valence-electron chi connectivity index (χ4n) is 3.45. The summed E-state index contributed by atoms with van der Waals surface area (Å²) in [6, 6.07) is 2.37. The van der Waals surface area contributed by atoms with E-state index in [0.29, 0.717) is 5.41 Å². The van der Waals surface area contributed by atoms with Crippen molar-refractivity contribution in [3.05, 3.63) is 29.6 Å². The van der Waals surface area contributed by atoms with Crippen LogP contribution in [0, 0.1) is 5.41 Å². The molecule has 1 spiro atoms. The van der Waals surface area contributed by atoms with Crippen LogP contribution in [0.25, 0.3) is 0 Å². The Morgan fingerprint density at radius 3 is 2.80 bits per heavy atom. The van der Waals surface area contributed by atoms with Crippen LogP contribution in [0.15, 0.2) is 18.5 Å². The van der Waals surface area contributed by atoms with Gasteiger partial charge in [-0.2, -0.15) is 0 Å². The van der Waals surface area contributed by atoms with Gasteiger partial charge in [0.15, 0.2) is 0 Å². The van der Waals surface area contributed by atoms with Crippen molar-refractivity contribution >= 4 is 0 Å². The maximum atomic E-state index is 6.43. The Balaban J connectivity index is 1.98. The van der Waals surface area contributed by atoms with E-state index in [1.54, 1.807) is 0 Å². The van der Waals surface area contributed by atoms with Gasteiger partial charge in [0.1, 0.15) is 0 Å². The van der Waals surface area contributed by atoms with Crippen LogP contribution in [0.4, 0.5) is 0 Å². The topological polar surface area (TPSA) is 38.9 Å². The van der Waals surface area contributed by atoms with Crippen molar-refractivity contribution in [2.45, 2.75) is 44.6 Å². The summed E-state index contributed by atoms with van der Waals surface area (Å²) < 4.78 is 0. The van der Waals surface area contributed by atoms with Crippen LogP contribution in [0.5, 0.6) is 0 Å². The molecule has 2 heteroatoms. The quantitative estimate of drug-likeness (QED) is 0.702. The van der Waals surface area contributed by atoms with E-state index in [1.807, 2.05) is 12.4 Å². The molecular weight excluding hydrogens is 184 g/mol. The Kier molecular flexibility index (Phi) is 2.06. The Hall–Kier alpha value is -0.890. The van der Waals surface area contributed by atoms with Crippen LogP contribution < -0.4 is 5.73 Å². The third-order valence-electron chi connectivity index (χ3n) is 4.33. The Morgan fingerprint density at radius 1 is 1.27 bits per heavy atom. The summed E-state index contributed by atoms with van der Waals surface area (Å²) in [4.78, 5) is 4.21. The van der Waals surface area contributed by atoms with Gasteiger partial charge in [-0.3, -0.25) is 4.98 Å².